The molecule has 4 nitrogen and oxygen atoms in total. The van der Waals surface area contributed by atoms with Crippen LogP contribution in [0.5, 0.6) is 5.75 Å². The average molecular weight is 251 g/mol. The van der Waals surface area contributed by atoms with Crippen molar-refractivity contribution in [1.82, 2.24) is 0 Å². The number of carbonyl (C=O) groups is 1. The Morgan fingerprint density at radius 3 is 2.89 bits per heavy atom. The van der Waals surface area contributed by atoms with Crippen LogP contribution >= 0.6 is 0 Å². The molecule has 1 rings (SSSR count). The number of hydrogen-bond acceptors (Lipinski definition) is 3. The van der Waals surface area contributed by atoms with Gasteiger partial charge in [-0.05, 0) is 37.5 Å². The maximum absolute atomic E-state index is 11.6. The summed E-state index contributed by atoms with van der Waals surface area (Å²) in [7, 11) is 0. The molecular formula is C14H21NO3. The SMILES string of the molecule is CCCOc1cc(C)ccc1NC(=O)CCCO. The molecule has 0 aromatic heterocycles. The lowest BCUT2D eigenvalue weighted by Crippen LogP contribution is -2.13. The van der Waals surface area contributed by atoms with Crippen molar-refractivity contribution >= 4 is 11.6 Å². The molecule has 0 unspecified atom stereocenters. The predicted molar refractivity (Wildman–Crippen MR) is 71.9 cm³/mol. The van der Waals surface area contributed by atoms with Gasteiger partial charge in [0.05, 0.1) is 12.3 Å². The molecule has 18 heavy (non-hydrogen) atoms. The van der Waals surface area contributed by atoms with E-state index >= 15 is 0 Å². The molecule has 0 bridgehead atoms. The van der Waals surface area contributed by atoms with Gasteiger partial charge >= 0.3 is 0 Å². The highest BCUT2D eigenvalue weighted by atomic mass is 16.5. The van der Waals surface area contributed by atoms with Crippen molar-refractivity contribution in [3.8, 4) is 5.75 Å². The summed E-state index contributed by atoms with van der Waals surface area (Å²) in [6, 6.07) is 5.69. The largest absolute Gasteiger partial charge is 0.491 e. The first-order valence-electron chi connectivity index (χ1n) is 6.31. The van der Waals surface area contributed by atoms with Gasteiger partial charge < -0.3 is 15.2 Å². The fourth-order valence-corrected chi connectivity index (χ4v) is 1.52. The van der Waals surface area contributed by atoms with Gasteiger partial charge in [0.25, 0.3) is 0 Å². The molecule has 1 aromatic rings. The summed E-state index contributed by atoms with van der Waals surface area (Å²) in [4.78, 5) is 11.6. The molecule has 0 aliphatic rings. The third-order valence-corrected chi connectivity index (χ3v) is 2.43. The summed E-state index contributed by atoms with van der Waals surface area (Å²) in [5, 5.41) is 11.5. The van der Waals surface area contributed by atoms with Gasteiger partial charge in [0, 0.05) is 13.0 Å². The van der Waals surface area contributed by atoms with Crippen molar-refractivity contribution < 1.29 is 14.6 Å². The van der Waals surface area contributed by atoms with Gasteiger partial charge in [-0.3, -0.25) is 4.79 Å². The summed E-state index contributed by atoms with van der Waals surface area (Å²) in [6.07, 6.45) is 1.71. The fourth-order valence-electron chi connectivity index (χ4n) is 1.52. The number of aliphatic hydroxyl groups is 1. The van der Waals surface area contributed by atoms with Crippen LogP contribution in [-0.4, -0.2) is 24.2 Å². The third kappa shape index (κ3) is 4.75. The second-order valence-corrected chi connectivity index (χ2v) is 4.22. The molecule has 2 N–H and O–H groups in total. The van der Waals surface area contributed by atoms with Gasteiger partial charge in [0.1, 0.15) is 5.75 Å². The van der Waals surface area contributed by atoms with E-state index in [0.29, 0.717) is 30.9 Å². The Bertz CT molecular complexity index is 391. The monoisotopic (exact) mass is 251 g/mol. The van der Waals surface area contributed by atoms with Crippen LogP contribution in [0.3, 0.4) is 0 Å². The highest BCUT2D eigenvalue weighted by Gasteiger charge is 2.08. The van der Waals surface area contributed by atoms with Crippen molar-refractivity contribution in [2.24, 2.45) is 0 Å². The lowest BCUT2D eigenvalue weighted by molar-refractivity contribution is -0.116. The molecule has 0 atom stereocenters. The van der Waals surface area contributed by atoms with Crippen molar-refractivity contribution in [2.75, 3.05) is 18.5 Å². The maximum atomic E-state index is 11.6. The first kappa shape index (κ1) is 14.5. The molecular weight excluding hydrogens is 230 g/mol. The summed E-state index contributed by atoms with van der Waals surface area (Å²) < 4.78 is 5.61. The number of nitrogens with one attached hydrogen (secondary N) is 1. The molecule has 0 heterocycles. The molecule has 4 heteroatoms. The van der Waals surface area contributed by atoms with Crippen LogP contribution in [0.25, 0.3) is 0 Å². The Morgan fingerprint density at radius 1 is 1.44 bits per heavy atom. The van der Waals surface area contributed by atoms with E-state index in [-0.39, 0.29) is 12.5 Å². The zero-order chi connectivity index (χ0) is 13.4. The maximum Gasteiger partial charge on any atom is 0.224 e. The molecule has 0 saturated heterocycles. The smallest absolute Gasteiger partial charge is 0.224 e. The van der Waals surface area contributed by atoms with E-state index in [9.17, 15) is 4.79 Å². The number of carbonyl (C=O) groups excluding carboxylic acids is 1. The molecule has 100 valence electrons. The van der Waals surface area contributed by atoms with Crippen molar-refractivity contribution in [3.63, 3.8) is 0 Å². The Labute approximate surface area is 108 Å². The molecule has 0 radical (unpaired) electrons. The quantitative estimate of drug-likeness (QED) is 0.782. The summed E-state index contributed by atoms with van der Waals surface area (Å²) in [6.45, 7) is 4.68. The van der Waals surface area contributed by atoms with Gasteiger partial charge in [-0.2, -0.15) is 0 Å². The zero-order valence-electron chi connectivity index (χ0n) is 11.0. The first-order chi connectivity index (χ1) is 8.67. The van der Waals surface area contributed by atoms with Crippen LogP contribution < -0.4 is 10.1 Å². The Balaban J connectivity index is 2.70. The van der Waals surface area contributed by atoms with Gasteiger partial charge in [0.15, 0.2) is 0 Å². The first-order valence-corrected chi connectivity index (χ1v) is 6.31. The molecule has 0 saturated carbocycles. The predicted octanol–water partition coefficient (Wildman–Crippen LogP) is 2.49. The minimum absolute atomic E-state index is 0.0283. The number of anilines is 1. The standard InChI is InChI=1S/C14H21NO3/c1-3-9-18-13-10-11(2)6-7-12(13)15-14(17)5-4-8-16/h6-7,10,16H,3-5,8-9H2,1-2H3,(H,15,17). The van der Waals surface area contributed by atoms with E-state index < -0.39 is 0 Å². The normalized spacial score (nSPS) is 10.2. The van der Waals surface area contributed by atoms with Gasteiger partial charge in [0.2, 0.25) is 5.91 Å². The minimum Gasteiger partial charge on any atom is -0.491 e. The van der Waals surface area contributed by atoms with E-state index in [1.165, 1.54) is 0 Å². The summed E-state index contributed by atoms with van der Waals surface area (Å²) in [5.74, 6) is 0.600. The Morgan fingerprint density at radius 2 is 2.22 bits per heavy atom. The van der Waals surface area contributed by atoms with Crippen LogP contribution in [-0.2, 0) is 4.79 Å². The zero-order valence-corrected chi connectivity index (χ0v) is 11.0. The highest BCUT2D eigenvalue weighted by molar-refractivity contribution is 5.92. The van der Waals surface area contributed by atoms with Gasteiger partial charge in [-0.15, -0.1) is 0 Å². The molecule has 0 aliphatic carbocycles. The Hall–Kier alpha value is -1.55. The van der Waals surface area contributed by atoms with Crippen molar-refractivity contribution in [1.29, 1.82) is 0 Å². The van der Waals surface area contributed by atoms with E-state index in [4.69, 9.17) is 9.84 Å². The molecule has 0 fully saturated rings. The number of amides is 1. The highest BCUT2D eigenvalue weighted by Crippen LogP contribution is 2.26. The van der Waals surface area contributed by atoms with Crippen LogP contribution in [0.1, 0.15) is 31.7 Å². The Kier molecular flexibility index (Phi) is 6.22. The van der Waals surface area contributed by atoms with Crippen molar-refractivity contribution in [3.05, 3.63) is 23.8 Å². The van der Waals surface area contributed by atoms with E-state index in [1.54, 1.807) is 0 Å². The molecule has 0 aliphatic heterocycles. The van der Waals surface area contributed by atoms with Crippen LogP contribution in [0.2, 0.25) is 0 Å². The summed E-state index contributed by atoms with van der Waals surface area (Å²) in [5.41, 5.74) is 1.78. The van der Waals surface area contributed by atoms with E-state index in [2.05, 4.69) is 5.32 Å². The van der Waals surface area contributed by atoms with Crippen LogP contribution in [0.15, 0.2) is 18.2 Å². The van der Waals surface area contributed by atoms with Crippen molar-refractivity contribution in [2.45, 2.75) is 33.1 Å². The molecule has 0 spiro atoms. The van der Waals surface area contributed by atoms with Crippen LogP contribution in [0.4, 0.5) is 5.69 Å². The number of rotatable bonds is 7. The second kappa shape index (κ2) is 7.71. The van der Waals surface area contributed by atoms with Gasteiger partial charge in [-0.1, -0.05) is 13.0 Å². The second-order valence-electron chi connectivity index (χ2n) is 4.22. The topological polar surface area (TPSA) is 58.6 Å². The number of hydrogen-bond donors (Lipinski definition) is 2. The lowest BCUT2D eigenvalue weighted by Gasteiger charge is -2.12. The number of aliphatic hydroxyl groups excluding tert-OH is 1. The fraction of sp³-hybridized carbons (Fsp3) is 0.500. The molecule has 1 aromatic carbocycles. The minimum atomic E-state index is -0.103. The van der Waals surface area contributed by atoms with Crippen LogP contribution in [0, 0.1) is 6.92 Å². The third-order valence-electron chi connectivity index (χ3n) is 2.43. The number of benzene rings is 1. The van der Waals surface area contributed by atoms with Gasteiger partial charge in [-0.25, -0.2) is 0 Å². The number of ether oxygens (including phenoxy) is 1. The average Bonchev–Trinajstić information content (AvgIpc) is 2.36. The molecule has 1 amide bonds. The number of aryl methyl sites for hydroxylation is 1. The lowest BCUT2D eigenvalue weighted by atomic mass is 10.2. The van der Waals surface area contributed by atoms with E-state index in [1.807, 2.05) is 32.0 Å². The summed E-state index contributed by atoms with van der Waals surface area (Å²) >= 11 is 0. The van der Waals surface area contributed by atoms with E-state index in [0.717, 1.165) is 12.0 Å².